The average molecular weight is 293 g/mol. The van der Waals surface area contributed by atoms with Crippen LogP contribution in [0.5, 0.6) is 0 Å². The summed E-state index contributed by atoms with van der Waals surface area (Å²) < 4.78 is 20.9. The molecule has 0 saturated carbocycles. The van der Waals surface area contributed by atoms with Crippen molar-refractivity contribution in [1.82, 2.24) is 20.2 Å². The van der Waals surface area contributed by atoms with E-state index >= 15 is 0 Å². The molecular weight excluding hydrogens is 273 g/mol. The Morgan fingerprint density at radius 1 is 1.33 bits per heavy atom. The Kier molecular flexibility index (Phi) is 5.21. The summed E-state index contributed by atoms with van der Waals surface area (Å²) in [6, 6.07) is 4.34. The number of rotatable bonds is 7. The summed E-state index contributed by atoms with van der Waals surface area (Å²) in [6.07, 6.45) is 1.01. The molecule has 0 fully saturated rings. The molecule has 1 aromatic carbocycles. The number of tetrazole rings is 1. The number of ether oxygens (including phenoxy) is 1. The van der Waals surface area contributed by atoms with Crippen molar-refractivity contribution in [2.45, 2.75) is 26.8 Å². The van der Waals surface area contributed by atoms with Gasteiger partial charge in [0.25, 0.3) is 0 Å². The van der Waals surface area contributed by atoms with Crippen LogP contribution >= 0.6 is 0 Å². The summed E-state index contributed by atoms with van der Waals surface area (Å²) in [5.74, 6) is 0.559. The SMILES string of the molecule is CC(C)CCOCCn1nnnc1-c1cc(N)ccc1F. The Balaban J connectivity index is 2.00. The Morgan fingerprint density at radius 3 is 2.90 bits per heavy atom. The van der Waals surface area contributed by atoms with Gasteiger partial charge in [0.05, 0.1) is 18.7 Å². The number of hydrogen-bond acceptors (Lipinski definition) is 5. The second kappa shape index (κ2) is 7.12. The van der Waals surface area contributed by atoms with Gasteiger partial charge in [-0.15, -0.1) is 5.10 Å². The van der Waals surface area contributed by atoms with Crippen LogP contribution in [0.2, 0.25) is 0 Å². The Hall–Kier alpha value is -2.02. The van der Waals surface area contributed by atoms with Crippen LogP contribution in [-0.4, -0.2) is 33.4 Å². The summed E-state index contributed by atoms with van der Waals surface area (Å²) in [7, 11) is 0. The molecule has 2 rings (SSSR count). The molecule has 114 valence electrons. The highest BCUT2D eigenvalue weighted by atomic mass is 19.1. The molecule has 0 spiro atoms. The summed E-state index contributed by atoms with van der Waals surface area (Å²) in [4.78, 5) is 0. The van der Waals surface area contributed by atoms with Crippen LogP contribution in [0, 0.1) is 11.7 Å². The van der Waals surface area contributed by atoms with Gasteiger partial charge in [0.15, 0.2) is 5.82 Å². The smallest absolute Gasteiger partial charge is 0.185 e. The standard InChI is InChI=1S/C14H20FN5O/c1-10(2)5-7-21-8-6-20-14(17-18-19-20)12-9-11(16)3-4-13(12)15/h3-4,9-10H,5-8,16H2,1-2H3. The second-order valence-corrected chi connectivity index (χ2v) is 5.26. The molecule has 1 heterocycles. The first-order valence-electron chi connectivity index (χ1n) is 6.97. The monoisotopic (exact) mass is 293 g/mol. The zero-order valence-corrected chi connectivity index (χ0v) is 12.3. The first kappa shape index (κ1) is 15.4. The van der Waals surface area contributed by atoms with Crippen LogP contribution in [0.3, 0.4) is 0 Å². The molecule has 0 amide bonds. The summed E-state index contributed by atoms with van der Waals surface area (Å²) >= 11 is 0. The first-order chi connectivity index (χ1) is 10.1. The number of nitrogens with two attached hydrogens (primary N) is 1. The molecule has 2 aromatic rings. The van der Waals surface area contributed by atoms with E-state index in [0.717, 1.165) is 6.42 Å². The van der Waals surface area contributed by atoms with Crippen molar-refractivity contribution in [3.05, 3.63) is 24.0 Å². The fourth-order valence-corrected chi connectivity index (χ4v) is 1.83. The number of halogens is 1. The minimum absolute atomic E-state index is 0.294. The Labute approximate surface area is 123 Å². The number of hydrogen-bond donors (Lipinski definition) is 1. The molecule has 21 heavy (non-hydrogen) atoms. The normalized spacial score (nSPS) is 11.2. The molecule has 0 aliphatic rings. The lowest BCUT2D eigenvalue weighted by Gasteiger charge is -2.08. The number of anilines is 1. The van der Waals surface area contributed by atoms with E-state index in [1.807, 2.05) is 0 Å². The summed E-state index contributed by atoms with van der Waals surface area (Å²) in [5.41, 5.74) is 6.44. The molecule has 0 atom stereocenters. The van der Waals surface area contributed by atoms with E-state index in [4.69, 9.17) is 10.5 Å². The topological polar surface area (TPSA) is 78.8 Å². The molecule has 7 heteroatoms. The van der Waals surface area contributed by atoms with Gasteiger partial charge in [-0.3, -0.25) is 0 Å². The van der Waals surface area contributed by atoms with Crippen molar-refractivity contribution < 1.29 is 9.13 Å². The third kappa shape index (κ3) is 4.22. The van der Waals surface area contributed by atoms with Gasteiger partial charge in [-0.05, 0) is 41.0 Å². The highest BCUT2D eigenvalue weighted by Gasteiger charge is 2.13. The van der Waals surface area contributed by atoms with E-state index in [2.05, 4.69) is 29.4 Å². The van der Waals surface area contributed by atoms with Crippen molar-refractivity contribution >= 4 is 5.69 Å². The molecular formula is C14H20FN5O. The van der Waals surface area contributed by atoms with Gasteiger partial charge in [-0.2, -0.15) is 0 Å². The molecule has 0 aliphatic carbocycles. The predicted molar refractivity (Wildman–Crippen MR) is 77.9 cm³/mol. The van der Waals surface area contributed by atoms with Crippen molar-refractivity contribution in [3.63, 3.8) is 0 Å². The van der Waals surface area contributed by atoms with E-state index in [0.29, 0.717) is 42.8 Å². The van der Waals surface area contributed by atoms with Crippen molar-refractivity contribution in [2.24, 2.45) is 5.92 Å². The fraction of sp³-hybridized carbons (Fsp3) is 0.500. The third-order valence-electron chi connectivity index (χ3n) is 3.05. The maximum absolute atomic E-state index is 13.8. The largest absolute Gasteiger partial charge is 0.399 e. The van der Waals surface area contributed by atoms with Crippen molar-refractivity contribution in [2.75, 3.05) is 18.9 Å². The van der Waals surface area contributed by atoms with Gasteiger partial charge in [0, 0.05) is 12.3 Å². The van der Waals surface area contributed by atoms with Crippen LogP contribution < -0.4 is 5.73 Å². The molecule has 0 saturated heterocycles. The van der Waals surface area contributed by atoms with Crippen molar-refractivity contribution in [3.8, 4) is 11.4 Å². The lowest BCUT2D eigenvalue weighted by molar-refractivity contribution is 0.114. The second-order valence-electron chi connectivity index (χ2n) is 5.26. The molecule has 6 nitrogen and oxygen atoms in total. The maximum Gasteiger partial charge on any atom is 0.185 e. The quantitative estimate of drug-likeness (QED) is 0.625. The van der Waals surface area contributed by atoms with Gasteiger partial charge in [-0.25, -0.2) is 9.07 Å². The summed E-state index contributed by atoms with van der Waals surface area (Å²) in [5, 5.41) is 11.3. The van der Waals surface area contributed by atoms with E-state index in [9.17, 15) is 4.39 Å². The van der Waals surface area contributed by atoms with Crippen LogP contribution in [0.4, 0.5) is 10.1 Å². The number of aromatic nitrogens is 4. The zero-order chi connectivity index (χ0) is 15.2. The predicted octanol–water partition coefficient (Wildman–Crippen LogP) is 2.12. The maximum atomic E-state index is 13.8. The lowest BCUT2D eigenvalue weighted by atomic mass is 10.1. The van der Waals surface area contributed by atoms with E-state index in [1.165, 1.54) is 22.9 Å². The number of benzene rings is 1. The minimum atomic E-state index is -0.402. The van der Waals surface area contributed by atoms with Crippen LogP contribution in [0.25, 0.3) is 11.4 Å². The van der Waals surface area contributed by atoms with Gasteiger partial charge in [0.1, 0.15) is 5.82 Å². The molecule has 0 bridgehead atoms. The number of nitrogens with zero attached hydrogens (tertiary/aromatic N) is 4. The molecule has 2 N–H and O–H groups in total. The Bertz CT molecular complexity index is 584. The van der Waals surface area contributed by atoms with E-state index in [1.54, 1.807) is 0 Å². The van der Waals surface area contributed by atoms with Gasteiger partial charge in [-0.1, -0.05) is 13.8 Å². The zero-order valence-electron chi connectivity index (χ0n) is 12.3. The van der Waals surface area contributed by atoms with Crippen LogP contribution in [0.1, 0.15) is 20.3 Å². The van der Waals surface area contributed by atoms with Gasteiger partial charge >= 0.3 is 0 Å². The summed E-state index contributed by atoms with van der Waals surface area (Å²) in [6.45, 7) is 5.93. The highest BCUT2D eigenvalue weighted by molar-refractivity contribution is 5.61. The molecule has 0 radical (unpaired) electrons. The lowest BCUT2D eigenvalue weighted by Crippen LogP contribution is -2.11. The Morgan fingerprint density at radius 2 is 2.14 bits per heavy atom. The fourth-order valence-electron chi connectivity index (χ4n) is 1.83. The molecule has 0 unspecified atom stereocenters. The van der Waals surface area contributed by atoms with Crippen LogP contribution in [0.15, 0.2) is 18.2 Å². The first-order valence-corrected chi connectivity index (χ1v) is 6.97. The number of nitrogen functional groups attached to an aromatic ring is 1. The van der Waals surface area contributed by atoms with Crippen LogP contribution in [-0.2, 0) is 11.3 Å². The highest BCUT2D eigenvalue weighted by Crippen LogP contribution is 2.22. The minimum Gasteiger partial charge on any atom is -0.399 e. The third-order valence-corrected chi connectivity index (χ3v) is 3.05. The van der Waals surface area contributed by atoms with Crippen molar-refractivity contribution in [1.29, 1.82) is 0 Å². The van der Waals surface area contributed by atoms with E-state index in [-0.39, 0.29) is 0 Å². The molecule has 0 aliphatic heterocycles. The molecule has 1 aromatic heterocycles. The van der Waals surface area contributed by atoms with Gasteiger partial charge < -0.3 is 10.5 Å². The van der Waals surface area contributed by atoms with E-state index < -0.39 is 5.82 Å². The van der Waals surface area contributed by atoms with Gasteiger partial charge in [0.2, 0.25) is 0 Å². The average Bonchev–Trinajstić information content (AvgIpc) is 2.89.